The average molecular weight is 224 g/mol. The molecule has 2 aliphatic rings. The monoisotopic (exact) mass is 224 g/mol. The fourth-order valence-corrected chi connectivity index (χ4v) is 2.41. The zero-order valence-corrected chi connectivity index (χ0v) is 9.89. The first-order valence-corrected chi connectivity index (χ1v) is 6.10. The van der Waals surface area contributed by atoms with E-state index in [2.05, 4.69) is 18.0 Å². The standard InChI is InChI=1S/C12H20N2O2/c1-14-6-3-10(4-7-14)8-12-15-9-11(16-12)2-5-13/h10-12H,2-4,6-9H2,1H3. The molecule has 2 aliphatic heterocycles. The molecule has 2 heterocycles. The molecule has 4 nitrogen and oxygen atoms in total. The van der Waals surface area contributed by atoms with Crippen LogP contribution in [-0.4, -0.2) is 44.0 Å². The number of nitrogens with zero attached hydrogens (tertiary/aromatic N) is 2. The maximum Gasteiger partial charge on any atom is 0.158 e. The van der Waals surface area contributed by atoms with Gasteiger partial charge in [0.15, 0.2) is 6.29 Å². The summed E-state index contributed by atoms with van der Waals surface area (Å²) in [5.41, 5.74) is 0. The zero-order chi connectivity index (χ0) is 11.4. The molecule has 0 aromatic rings. The van der Waals surface area contributed by atoms with Crippen molar-refractivity contribution < 1.29 is 9.47 Å². The summed E-state index contributed by atoms with van der Waals surface area (Å²) >= 11 is 0. The lowest BCUT2D eigenvalue weighted by Crippen LogP contribution is -2.31. The first-order valence-electron chi connectivity index (χ1n) is 6.10. The van der Waals surface area contributed by atoms with Crippen LogP contribution >= 0.6 is 0 Å². The molecule has 0 saturated carbocycles. The average Bonchev–Trinajstić information content (AvgIpc) is 2.70. The Bertz CT molecular complexity index is 256. The normalized spacial score (nSPS) is 32.8. The lowest BCUT2D eigenvalue weighted by Gasteiger charge is -2.29. The number of hydrogen-bond donors (Lipinski definition) is 0. The molecule has 16 heavy (non-hydrogen) atoms. The molecule has 0 spiro atoms. The van der Waals surface area contributed by atoms with Gasteiger partial charge in [0.25, 0.3) is 0 Å². The maximum atomic E-state index is 8.57. The molecule has 0 N–H and O–H groups in total. The predicted molar refractivity (Wildman–Crippen MR) is 59.7 cm³/mol. The molecule has 2 atom stereocenters. The molecule has 0 radical (unpaired) electrons. The molecule has 0 amide bonds. The van der Waals surface area contributed by atoms with Crippen molar-refractivity contribution in [3.63, 3.8) is 0 Å². The Morgan fingerprint density at radius 3 is 2.81 bits per heavy atom. The van der Waals surface area contributed by atoms with Crippen molar-refractivity contribution in [3.8, 4) is 6.07 Å². The lowest BCUT2D eigenvalue weighted by atomic mass is 9.94. The van der Waals surface area contributed by atoms with Crippen LogP contribution in [0.3, 0.4) is 0 Å². The van der Waals surface area contributed by atoms with Gasteiger partial charge in [-0.1, -0.05) is 0 Å². The van der Waals surface area contributed by atoms with Gasteiger partial charge >= 0.3 is 0 Å². The fourth-order valence-electron chi connectivity index (χ4n) is 2.41. The predicted octanol–water partition coefficient (Wildman–Crippen LogP) is 1.37. The Balaban J connectivity index is 1.69. The van der Waals surface area contributed by atoms with E-state index in [0.29, 0.717) is 13.0 Å². The van der Waals surface area contributed by atoms with Crippen LogP contribution in [0.15, 0.2) is 0 Å². The number of nitriles is 1. The van der Waals surface area contributed by atoms with Gasteiger partial charge in [0.2, 0.25) is 0 Å². The SMILES string of the molecule is CN1CCC(CC2OCC(CC#N)O2)CC1. The summed E-state index contributed by atoms with van der Waals surface area (Å²) in [7, 11) is 2.17. The van der Waals surface area contributed by atoms with Gasteiger partial charge in [-0.05, 0) is 38.9 Å². The van der Waals surface area contributed by atoms with E-state index in [1.165, 1.54) is 25.9 Å². The van der Waals surface area contributed by atoms with Crippen molar-refractivity contribution in [1.82, 2.24) is 4.90 Å². The van der Waals surface area contributed by atoms with Gasteiger partial charge in [0.05, 0.1) is 25.2 Å². The van der Waals surface area contributed by atoms with Crippen molar-refractivity contribution in [1.29, 1.82) is 5.26 Å². The molecular formula is C12H20N2O2. The highest BCUT2D eigenvalue weighted by atomic mass is 16.7. The van der Waals surface area contributed by atoms with Crippen molar-refractivity contribution >= 4 is 0 Å². The van der Waals surface area contributed by atoms with Crippen LogP contribution in [0.5, 0.6) is 0 Å². The van der Waals surface area contributed by atoms with Gasteiger partial charge in [0.1, 0.15) is 0 Å². The van der Waals surface area contributed by atoms with E-state index < -0.39 is 0 Å². The number of ether oxygens (including phenoxy) is 2. The Morgan fingerprint density at radius 1 is 1.38 bits per heavy atom. The van der Waals surface area contributed by atoms with E-state index in [1.54, 1.807) is 0 Å². The van der Waals surface area contributed by atoms with Crippen LogP contribution in [0.4, 0.5) is 0 Å². The summed E-state index contributed by atoms with van der Waals surface area (Å²) in [6.45, 7) is 2.95. The molecule has 2 rings (SSSR count). The minimum Gasteiger partial charge on any atom is -0.350 e. The molecule has 0 aliphatic carbocycles. The van der Waals surface area contributed by atoms with Crippen molar-refractivity contribution in [3.05, 3.63) is 0 Å². The second-order valence-electron chi connectivity index (χ2n) is 4.87. The van der Waals surface area contributed by atoms with E-state index in [9.17, 15) is 0 Å². The molecule has 0 aromatic heterocycles. The highest BCUT2D eigenvalue weighted by Gasteiger charge is 2.29. The molecular weight excluding hydrogens is 204 g/mol. The molecule has 2 fully saturated rings. The first kappa shape index (κ1) is 11.8. The Morgan fingerprint density at radius 2 is 2.12 bits per heavy atom. The number of rotatable bonds is 3. The third-order valence-corrected chi connectivity index (χ3v) is 3.50. The summed E-state index contributed by atoms with van der Waals surface area (Å²) in [5, 5.41) is 8.57. The first-order chi connectivity index (χ1) is 7.78. The number of hydrogen-bond acceptors (Lipinski definition) is 4. The van der Waals surface area contributed by atoms with E-state index >= 15 is 0 Å². The highest BCUT2D eigenvalue weighted by Crippen LogP contribution is 2.26. The Kier molecular flexibility index (Phi) is 4.16. The van der Waals surface area contributed by atoms with Crippen molar-refractivity contribution in [2.45, 2.75) is 38.1 Å². The fraction of sp³-hybridized carbons (Fsp3) is 0.917. The summed E-state index contributed by atoms with van der Waals surface area (Å²) in [4.78, 5) is 2.37. The number of piperidine rings is 1. The van der Waals surface area contributed by atoms with Gasteiger partial charge in [0, 0.05) is 6.42 Å². The zero-order valence-electron chi connectivity index (χ0n) is 9.89. The van der Waals surface area contributed by atoms with E-state index in [1.807, 2.05) is 0 Å². The van der Waals surface area contributed by atoms with Crippen molar-refractivity contribution in [2.24, 2.45) is 5.92 Å². The van der Waals surface area contributed by atoms with Crippen LogP contribution < -0.4 is 0 Å². The second kappa shape index (κ2) is 5.62. The maximum absolute atomic E-state index is 8.57. The topological polar surface area (TPSA) is 45.5 Å². The Hall–Kier alpha value is -0.630. The lowest BCUT2D eigenvalue weighted by molar-refractivity contribution is -0.0743. The third kappa shape index (κ3) is 3.18. The van der Waals surface area contributed by atoms with E-state index in [4.69, 9.17) is 14.7 Å². The summed E-state index contributed by atoms with van der Waals surface area (Å²) < 4.78 is 11.2. The van der Waals surface area contributed by atoms with Gasteiger partial charge in [-0.2, -0.15) is 5.26 Å². The van der Waals surface area contributed by atoms with Gasteiger partial charge in [-0.15, -0.1) is 0 Å². The van der Waals surface area contributed by atoms with Gasteiger partial charge < -0.3 is 14.4 Å². The summed E-state index contributed by atoms with van der Waals surface area (Å²) in [6, 6.07) is 2.13. The molecule has 2 saturated heterocycles. The van der Waals surface area contributed by atoms with Crippen LogP contribution in [0.2, 0.25) is 0 Å². The summed E-state index contributed by atoms with van der Waals surface area (Å²) in [6.07, 6.45) is 3.86. The van der Waals surface area contributed by atoms with Gasteiger partial charge in [-0.3, -0.25) is 0 Å². The molecule has 4 heteroatoms. The molecule has 2 unspecified atom stereocenters. The largest absolute Gasteiger partial charge is 0.350 e. The molecule has 90 valence electrons. The van der Waals surface area contributed by atoms with Crippen LogP contribution in [0.1, 0.15) is 25.7 Å². The summed E-state index contributed by atoms with van der Waals surface area (Å²) in [5.74, 6) is 0.724. The third-order valence-electron chi connectivity index (χ3n) is 3.50. The van der Waals surface area contributed by atoms with E-state index in [-0.39, 0.29) is 12.4 Å². The minimum absolute atomic E-state index is 0.00117. The van der Waals surface area contributed by atoms with Crippen LogP contribution in [0, 0.1) is 17.2 Å². The minimum atomic E-state index is -0.0632. The highest BCUT2D eigenvalue weighted by molar-refractivity contribution is 4.80. The smallest absolute Gasteiger partial charge is 0.158 e. The number of likely N-dealkylation sites (tertiary alicyclic amines) is 1. The molecule has 0 aromatic carbocycles. The quantitative estimate of drug-likeness (QED) is 0.726. The van der Waals surface area contributed by atoms with Crippen LogP contribution in [-0.2, 0) is 9.47 Å². The van der Waals surface area contributed by atoms with E-state index in [0.717, 1.165) is 12.3 Å². The molecule has 0 bridgehead atoms. The van der Waals surface area contributed by atoms with Crippen LogP contribution in [0.25, 0.3) is 0 Å². The Labute approximate surface area is 97.1 Å². The van der Waals surface area contributed by atoms with Gasteiger partial charge in [-0.25, -0.2) is 0 Å². The van der Waals surface area contributed by atoms with Crippen molar-refractivity contribution in [2.75, 3.05) is 26.7 Å². The second-order valence-corrected chi connectivity index (χ2v) is 4.87.